The van der Waals surface area contributed by atoms with Gasteiger partial charge in [0, 0.05) is 32.2 Å². The fourth-order valence-corrected chi connectivity index (χ4v) is 3.40. The van der Waals surface area contributed by atoms with Crippen molar-refractivity contribution in [1.82, 2.24) is 14.5 Å². The molecule has 1 atom stereocenters. The largest absolute Gasteiger partial charge is 0.351 e. The molecule has 2 aromatic rings. The van der Waals surface area contributed by atoms with Gasteiger partial charge in [0.1, 0.15) is 0 Å². The van der Waals surface area contributed by atoms with Gasteiger partial charge in [0.25, 0.3) is 0 Å². The van der Waals surface area contributed by atoms with Crippen molar-refractivity contribution in [2.45, 2.75) is 32.7 Å². The first-order valence-corrected chi connectivity index (χ1v) is 8.61. The van der Waals surface area contributed by atoms with E-state index in [1.165, 1.54) is 0 Å². The van der Waals surface area contributed by atoms with Crippen LogP contribution in [0.25, 0.3) is 11.0 Å². The van der Waals surface area contributed by atoms with E-state index in [4.69, 9.17) is 10.4 Å². The predicted octanol–water partition coefficient (Wildman–Crippen LogP) is 2.63. The van der Waals surface area contributed by atoms with Crippen molar-refractivity contribution >= 4 is 16.9 Å². The fourth-order valence-electron chi connectivity index (χ4n) is 3.40. The van der Waals surface area contributed by atoms with Gasteiger partial charge in [-0.2, -0.15) is 0 Å². The lowest BCUT2D eigenvalue weighted by Gasteiger charge is -2.34. The van der Waals surface area contributed by atoms with Crippen LogP contribution in [0.1, 0.15) is 32.7 Å². The van der Waals surface area contributed by atoms with Crippen molar-refractivity contribution < 1.29 is 0 Å². The monoisotopic (exact) mass is 313 g/mol. The Morgan fingerprint density at radius 1 is 1.17 bits per heavy atom. The lowest BCUT2D eigenvalue weighted by atomic mass is 10.1. The van der Waals surface area contributed by atoms with Gasteiger partial charge < -0.3 is 14.4 Å². The molecule has 0 saturated carbocycles. The molecule has 1 N–H and O–H groups in total. The Bertz CT molecular complexity index is 728. The molecule has 0 bridgehead atoms. The molecule has 0 aliphatic carbocycles. The Hall–Kier alpha value is -1.88. The molecule has 1 aliphatic rings. The summed E-state index contributed by atoms with van der Waals surface area (Å²) >= 11 is 0. The van der Waals surface area contributed by atoms with E-state index in [1.54, 1.807) is 0 Å². The number of likely N-dealkylation sites (N-methyl/N-ethyl adjacent to an activating group) is 1. The zero-order chi connectivity index (χ0) is 16.4. The molecule has 0 radical (unpaired) electrons. The Labute approximate surface area is 138 Å². The number of rotatable bonds is 4. The molecule has 5 nitrogen and oxygen atoms in total. The molecule has 124 valence electrons. The van der Waals surface area contributed by atoms with Crippen molar-refractivity contribution in [2.75, 3.05) is 38.1 Å². The first kappa shape index (κ1) is 16.0. The minimum absolute atomic E-state index is 0.312. The van der Waals surface area contributed by atoms with Crippen LogP contribution in [-0.4, -0.2) is 47.7 Å². The maximum atomic E-state index is 8.77. The first-order chi connectivity index (χ1) is 11.1. The third-order valence-electron chi connectivity index (χ3n) is 4.77. The minimum Gasteiger partial charge on any atom is -0.351 e. The average Bonchev–Trinajstić information content (AvgIpc) is 2.55. The number of para-hydroxylation sites is 2. The molecule has 1 saturated heterocycles. The number of hydrogen-bond donors (Lipinski definition) is 1. The molecular weight excluding hydrogens is 286 g/mol. The summed E-state index contributed by atoms with van der Waals surface area (Å²) in [5.74, 6) is 0.833. The van der Waals surface area contributed by atoms with Gasteiger partial charge in [-0.15, -0.1) is 0 Å². The molecule has 23 heavy (non-hydrogen) atoms. The Morgan fingerprint density at radius 2 is 1.87 bits per heavy atom. The SMILES string of the molecule is CCCC(C)n1c(=N)c(N2CCN(C)CC2)nc2ccccc21. The van der Waals surface area contributed by atoms with Gasteiger partial charge in [-0.3, -0.25) is 5.41 Å². The number of hydrogen-bond acceptors (Lipinski definition) is 4. The summed E-state index contributed by atoms with van der Waals surface area (Å²) in [5, 5.41) is 8.77. The average molecular weight is 313 g/mol. The Kier molecular flexibility index (Phi) is 4.66. The lowest BCUT2D eigenvalue weighted by molar-refractivity contribution is 0.311. The second kappa shape index (κ2) is 6.71. The van der Waals surface area contributed by atoms with Crippen molar-refractivity contribution in [3.8, 4) is 0 Å². The second-order valence-electron chi connectivity index (χ2n) is 6.57. The van der Waals surface area contributed by atoms with Gasteiger partial charge in [0.15, 0.2) is 11.3 Å². The number of nitrogens with one attached hydrogen (secondary N) is 1. The summed E-state index contributed by atoms with van der Waals surface area (Å²) in [6.45, 7) is 8.34. The molecule has 1 aromatic heterocycles. The van der Waals surface area contributed by atoms with E-state index in [9.17, 15) is 0 Å². The molecule has 1 fully saturated rings. The molecule has 2 heterocycles. The molecule has 1 aliphatic heterocycles. The normalized spacial score (nSPS) is 17.6. The highest BCUT2D eigenvalue weighted by molar-refractivity contribution is 5.76. The number of fused-ring (bicyclic) bond motifs is 1. The van der Waals surface area contributed by atoms with E-state index in [1.807, 2.05) is 12.1 Å². The third kappa shape index (κ3) is 3.11. The van der Waals surface area contributed by atoms with Crippen molar-refractivity contribution in [3.05, 3.63) is 29.8 Å². The highest BCUT2D eigenvalue weighted by atomic mass is 15.3. The number of aromatic nitrogens is 2. The summed E-state index contributed by atoms with van der Waals surface area (Å²) in [4.78, 5) is 9.42. The van der Waals surface area contributed by atoms with Crippen LogP contribution in [0.3, 0.4) is 0 Å². The van der Waals surface area contributed by atoms with E-state index in [0.29, 0.717) is 11.5 Å². The lowest BCUT2D eigenvalue weighted by Crippen LogP contribution is -2.47. The second-order valence-corrected chi connectivity index (χ2v) is 6.57. The van der Waals surface area contributed by atoms with Gasteiger partial charge in [0.2, 0.25) is 0 Å². The van der Waals surface area contributed by atoms with Crippen LogP contribution in [0.2, 0.25) is 0 Å². The van der Waals surface area contributed by atoms with E-state index in [-0.39, 0.29) is 0 Å². The van der Waals surface area contributed by atoms with E-state index >= 15 is 0 Å². The Balaban J connectivity index is 2.12. The number of benzene rings is 1. The zero-order valence-electron chi connectivity index (χ0n) is 14.4. The van der Waals surface area contributed by atoms with E-state index in [0.717, 1.165) is 55.9 Å². The molecule has 5 heteroatoms. The van der Waals surface area contributed by atoms with Crippen molar-refractivity contribution in [2.24, 2.45) is 0 Å². The maximum absolute atomic E-state index is 8.77. The summed E-state index contributed by atoms with van der Waals surface area (Å²) in [5.41, 5.74) is 2.60. The van der Waals surface area contributed by atoms with Crippen molar-refractivity contribution in [1.29, 1.82) is 5.41 Å². The van der Waals surface area contributed by atoms with Gasteiger partial charge in [0.05, 0.1) is 11.0 Å². The van der Waals surface area contributed by atoms with Crippen LogP contribution in [0, 0.1) is 5.41 Å². The molecule has 3 rings (SSSR count). The molecule has 1 unspecified atom stereocenters. The predicted molar refractivity (Wildman–Crippen MR) is 94.9 cm³/mol. The third-order valence-corrected chi connectivity index (χ3v) is 4.77. The van der Waals surface area contributed by atoms with Crippen LogP contribution >= 0.6 is 0 Å². The maximum Gasteiger partial charge on any atom is 0.172 e. The fraction of sp³-hybridized carbons (Fsp3) is 0.556. The van der Waals surface area contributed by atoms with Gasteiger partial charge in [-0.25, -0.2) is 4.98 Å². The van der Waals surface area contributed by atoms with Crippen LogP contribution in [0.5, 0.6) is 0 Å². The number of anilines is 1. The topological polar surface area (TPSA) is 48.2 Å². The zero-order valence-corrected chi connectivity index (χ0v) is 14.4. The van der Waals surface area contributed by atoms with Gasteiger partial charge in [-0.1, -0.05) is 25.5 Å². The molecular formula is C18H27N5. The number of nitrogens with zero attached hydrogens (tertiary/aromatic N) is 4. The van der Waals surface area contributed by atoms with Crippen LogP contribution in [0.15, 0.2) is 24.3 Å². The first-order valence-electron chi connectivity index (χ1n) is 8.61. The Morgan fingerprint density at radius 3 is 2.57 bits per heavy atom. The molecule has 1 aromatic carbocycles. The minimum atomic E-state index is 0.312. The van der Waals surface area contributed by atoms with E-state index in [2.05, 4.69) is 47.4 Å². The highest BCUT2D eigenvalue weighted by Gasteiger charge is 2.20. The van der Waals surface area contributed by atoms with Crippen LogP contribution < -0.4 is 10.4 Å². The summed E-state index contributed by atoms with van der Waals surface area (Å²) in [6.07, 6.45) is 2.20. The van der Waals surface area contributed by atoms with Gasteiger partial charge >= 0.3 is 0 Å². The van der Waals surface area contributed by atoms with Crippen LogP contribution in [-0.2, 0) is 0 Å². The summed E-state index contributed by atoms with van der Waals surface area (Å²) < 4.78 is 2.17. The van der Waals surface area contributed by atoms with Gasteiger partial charge in [-0.05, 0) is 32.5 Å². The smallest absolute Gasteiger partial charge is 0.172 e. The molecule has 0 spiro atoms. The quantitative estimate of drug-likeness (QED) is 0.944. The van der Waals surface area contributed by atoms with Crippen molar-refractivity contribution in [3.63, 3.8) is 0 Å². The summed E-state index contributed by atoms with van der Waals surface area (Å²) in [6, 6.07) is 8.52. The number of piperazine rings is 1. The van der Waals surface area contributed by atoms with E-state index < -0.39 is 0 Å². The molecule has 0 amide bonds. The summed E-state index contributed by atoms with van der Waals surface area (Å²) in [7, 11) is 2.15. The standard InChI is InChI=1S/C18H27N5/c1-4-7-14(2)23-16-9-6-5-8-15(16)20-18(17(23)19)22-12-10-21(3)11-13-22/h5-6,8-9,14,19H,4,7,10-13H2,1-3H3. The highest BCUT2D eigenvalue weighted by Crippen LogP contribution is 2.21. The van der Waals surface area contributed by atoms with Crippen LogP contribution in [0.4, 0.5) is 5.82 Å².